The van der Waals surface area contributed by atoms with Gasteiger partial charge in [-0.3, -0.25) is 0 Å². The molecule has 0 bridgehead atoms. The van der Waals surface area contributed by atoms with Gasteiger partial charge >= 0.3 is 0 Å². The van der Waals surface area contributed by atoms with Crippen molar-refractivity contribution in [2.75, 3.05) is 13.2 Å². The molecule has 170 valence electrons. The molecule has 1 heterocycles. The number of ether oxygens (including phenoxy) is 2. The fourth-order valence-electron chi connectivity index (χ4n) is 3.56. The van der Waals surface area contributed by atoms with E-state index in [-0.39, 0.29) is 6.04 Å². The molecule has 0 radical (unpaired) electrons. The minimum absolute atomic E-state index is 0.0782. The summed E-state index contributed by atoms with van der Waals surface area (Å²) < 4.78 is 14.1. The molecule has 32 heavy (non-hydrogen) atoms. The zero-order valence-corrected chi connectivity index (χ0v) is 20.4. The summed E-state index contributed by atoms with van der Waals surface area (Å²) in [6.07, 6.45) is 4.37. The van der Waals surface area contributed by atoms with E-state index in [1.165, 1.54) is 16.7 Å². The number of aromatic nitrogens is 1. The summed E-state index contributed by atoms with van der Waals surface area (Å²) in [6, 6.07) is 21.5. The van der Waals surface area contributed by atoms with Crippen molar-refractivity contribution in [1.29, 1.82) is 0 Å². The molecule has 1 aromatic heterocycles. The van der Waals surface area contributed by atoms with Crippen LogP contribution in [-0.4, -0.2) is 13.2 Å². The molecule has 0 N–H and O–H groups in total. The smallest absolute Gasteiger partial charge is 0.208 e. The second-order valence-corrected chi connectivity index (χ2v) is 9.68. The van der Waals surface area contributed by atoms with Gasteiger partial charge in [0.1, 0.15) is 11.5 Å². The predicted octanol–water partition coefficient (Wildman–Crippen LogP) is 6.80. The van der Waals surface area contributed by atoms with Gasteiger partial charge in [-0.1, -0.05) is 41.5 Å². The van der Waals surface area contributed by atoms with Crippen LogP contribution in [0.4, 0.5) is 0 Å². The zero-order valence-electron chi connectivity index (χ0n) is 20.4. The Morgan fingerprint density at radius 2 is 0.969 bits per heavy atom. The standard InChI is InChI=1S/C29H38NO2/c1-21(2)19-31-27-11-7-25(8-12-27)29(30-17-15-24(16-18-30)23(5)6)26-9-13-28(14-10-26)32-20-22(3)4/h7-18,21-23,29H,19-20H2,1-6H3/q+1. The molecule has 3 nitrogen and oxygen atoms in total. The first-order valence-corrected chi connectivity index (χ1v) is 11.8. The van der Waals surface area contributed by atoms with Crippen LogP contribution in [0.3, 0.4) is 0 Å². The van der Waals surface area contributed by atoms with E-state index in [2.05, 4.69) is 119 Å². The zero-order chi connectivity index (χ0) is 23.1. The van der Waals surface area contributed by atoms with E-state index < -0.39 is 0 Å². The van der Waals surface area contributed by atoms with Gasteiger partial charge in [0.05, 0.1) is 13.2 Å². The third-order valence-corrected chi connectivity index (χ3v) is 5.40. The third kappa shape index (κ3) is 6.59. The number of nitrogens with zero attached hydrogens (tertiary/aromatic N) is 1. The van der Waals surface area contributed by atoms with Crippen molar-refractivity contribution in [2.24, 2.45) is 11.8 Å². The molecule has 0 saturated carbocycles. The first-order chi connectivity index (χ1) is 15.3. The third-order valence-electron chi connectivity index (χ3n) is 5.40. The molecule has 3 heteroatoms. The highest BCUT2D eigenvalue weighted by Crippen LogP contribution is 2.26. The average Bonchev–Trinajstić information content (AvgIpc) is 2.78. The largest absolute Gasteiger partial charge is 0.493 e. The molecular weight excluding hydrogens is 394 g/mol. The van der Waals surface area contributed by atoms with E-state index in [4.69, 9.17) is 9.47 Å². The first kappa shape index (κ1) is 23.8. The lowest BCUT2D eigenvalue weighted by Gasteiger charge is -2.16. The fourth-order valence-corrected chi connectivity index (χ4v) is 3.56. The molecule has 0 unspecified atom stereocenters. The maximum atomic E-state index is 5.89. The number of rotatable bonds is 10. The second kappa shape index (κ2) is 11.2. The summed E-state index contributed by atoms with van der Waals surface area (Å²) in [5.41, 5.74) is 3.79. The number of hydrogen-bond acceptors (Lipinski definition) is 2. The monoisotopic (exact) mass is 432 g/mol. The Balaban J connectivity index is 1.91. The number of benzene rings is 2. The molecule has 0 aliphatic carbocycles. The molecule has 0 atom stereocenters. The van der Waals surface area contributed by atoms with Gasteiger partial charge in [-0.05, 0) is 71.8 Å². The summed E-state index contributed by atoms with van der Waals surface area (Å²) in [4.78, 5) is 0. The van der Waals surface area contributed by atoms with Gasteiger partial charge in [-0.15, -0.1) is 0 Å². The number of pyridine rings is 1. The normalized spacial score (nSPS) is 11.6. The highest BCUT2D eigenvalue weighted by atomic mass is 16.5. The summed E-state index contributed by atoms with van der Waals surface area (Å²) in [7, 11) is 0. The fraction of sp³-hybridized carbons (Fsp3) is 0.414. The van der Waals surface area contributed by atoms with E-state index >= 15 is 0 Å². The van der Waals surface area contributed by atoms with Crippen LogP contribution in [0, 0.1) is 11.8 Å². The summed E-state index contributed by atoms with van der Waals surface area (Å²) in [5, 5.41) is 0. The molecule has 0 saturated heterocycles. The Hall–Kier alpha value is -2.81. The SMILES string of the molecule is CC(C)COc1ccc(C(c2ccc(OCC(C)C)cc2)[n+]2ccc(C(C)C)cc2)cc1. The first-order valence-electron chi connectivity index (χ1n) is 11.8. The van der Waals surface area contributed by atoms with Crippen molar-refractivity contribution in [3.8, 4) is 11.5 Å². The Labute approximate surface area is 194 Å². The van der Waals surface area contributed by atoms with E-state index in [9.17, 15) is 0 Å². The lowest BCUT2D eigenvalue weighted by molar-refractivity contribution is -0.704. The van der Waals surface area contributed by atoms with Crippen molar-refractivity contribution in [3.63, 3.8) is 0 Å². The van der Waals surface area contributed by atoms with Gasteiger partial charge in [0.25, 0.3) is 0 Å². The molecule has 0 aliphatic rings. The Kier molecular flexibility index (Phi) is 8.33. The van der Waals surface area contributed by atoms with Crippen LogP contribution in [0.1, 0.15) is 70.2 Å². The summed E-state index contributed by atoms with van der Waals surface area (Å²) in [5.74, 6) is 3.36. The Morgan fingerprint density at radius 1 is 0.562 bits per heavy atom. The highest BCUT2D eigenvalue weighted by molar-refractivity contribution is 5.36. The van der Waals surface area contributed by atoms with Crippen molar-refractivity contribution in [3.05, 3.63) is 89.7 Å². The van der Waals surface area contributed by atoms with Crippen LogP contribution in [-0.2, 0) is 0 Å². The van der Waals surface area contributed by atoms with Crippen molar-refractivity contribution in [1.82, 2.24) is 0 Å². The van der Waals surface area contributed by atoms with Crippen LogP contribution in [0.5, 0.6) is 11.5 Å². The van der Waals surface area contributed by atoms with Crippen LogP contribution < -0.4 is 14.0 Å². The molecular formula is C29H38NO2+. The van der Waals surface area contributed by atoms with Crippen molar-refractivity contribution < 1.29 is 14.0 Å². The molecule has 3 aromatic rings. The lowest BCUT2D eigenvalue weighted by Crippen LogP contribution is -2.40. The van der Waals surface area contributed by atoms with E-state index in [1.807, 2.05) is 0 Å². The molecule has 0 spiro atoms. The van der Waals surface area contributed by atoms with Crippen LogP contribution in [0.15, 0.2) is 73.1 Å². The highest BCUT2D eigenvalue weighted by Gasteiger charge is 2.24. The van der Waals surface area contributed by atoms with E-state index in [1.54, 1.807) is 0 Å². The molecule has 3 rings (SSSR count). The van der Waals surface area contributed by atoms with Crippen molar-refractivity contribution in [2.45, 2.75) is 53.5 Å². The van der Waals surface area contributed by atoms with Crippen LogP contribution in [0.2, 0.25) is 0 Å². The molecule has 2 aromatic carbocycles. The maximum Gasteiger partial charge on any atom is 0.208 e. The van der Waals surface area contributed by atoms with E-state index in [0.29, 0.717) is 17.8 Å². The van der Waals surface area contributed by atoms with Gasteiger partial charge in [-0.25, -0.2) is 0 Å². The molecule has 0 aliphatic heterocycles. The Bertz CT molecular complexity index is 886. The van der Waals surface area contributed by atoms with Gasteiger partial charge in [0, 0.05) is 23.3 Å². The predicted molar refractivity (Wildman–Crippen MR) is 132 cm³/mol. The topological polar surface area (TPSA) is 22.3 Å². The van der Waals surface area contributed by atoms with Crippen LogP contribution >= 0.6 is 0 Å². The van der Waals surface area contributed by atoms with E-state index in [0.717, 1.165) is 24.7 Å². The minimum atomic E-state index is 0.0782. The summed E-state index contributed by atoms with van der Waals surface area (Å²) in [6.45, 7) is 14.6. The quantitative estimate of drug-likeness (QED) is 0.329. The minimum Gasteiger partial charge on any atom is -0.493 e. The molecule has 0 amide bonds. The second-order valence-electron chi connectivity index (χ2n) is 9.68. The molecule has 0 fully saturated rings. The van der Waals surface area contributed by atoms with Crippen LogP contribution in [0.25, 0.3) is 0 Å². The van der Waals surface area contributed by atoms with Crippen molar-refractivity contribution >= 4 is 0 Å². The summed E-state index contributed by atoms with van der Waals surface area (Å²) >= 11 is 0. The average molecular weight is 433 g/mol. The maximum absolute atomic E-state index is 5.89. The Morgan fingerprint density at radius 3 is 1.31 bits per heavy atom. The number of hydrogen-bond donors (Lipinski definition) is 0. The lowest BCUT2D eigenvalue weighted by atomic mass is 9.97. The van der Waals surface area contributed by atoms with Gasteiger partial charge in [-0.2, -0.15) is 4.57 Å². The van der Waals surface area contributed by atoms with Gasteiger partial charge in [0.15, 0.2) is 12.4 Å². The van der Waals surface area contributed by atoms with Gasteiger partial charge in [0.2, 0.25) is 6.04 Å². The van der Waals surface area contributed by atoms with Gasteiger partial charge < -0.3 is 9.47 Å².